The number of piperazine rings is 1. The van der Waals surface area contributed by atoms with Crippen LogP contribution in [0.25, 0.3) is 0 Å². The zero-order valence-electron chi connectivity index (χ0n) is 20.1. The van der Waals surface area contributed by atoms with Gasteiger partial charge in [-0.25, -0.2) is 19.4 Å². The van der Waals surface area contributed by atoms with Crippen molar-refractivity contribution in [2.24, 2.45) is 11.8 Å². The Morgan fingerprint density at radius 2 is 1.97 bits per heavy atom. The minimum Gasteiger partial charge on any atom is -0.350 e. The van der Waals surface area contributed by atoms with Gasteiger partial charge in [0.25, 0.3) is 0 Å². The molecule has 9 nitrogen and oxygen atoms in total. The third kappa shape index (κ3) is 6.17. The van der Waals surface area contributed by atoms with Crippen LogP contribution in [-0.2, 0) is 16.1 Å². The number of nitrogens with one attached hydrogen (secondary N) is 1. The number of hydrogen-bond donors (Lipinski definition) is 2. The van der Waals surface area contributed by atoms with E-state index >= 15 is 4.39 Å². The Morgan fingerprint density at radius 3 is 2.64 bits per heavy atom. The summed E-state index contributed by atoms with van der Waals surface area (Å²) in [4.78, 5) is 36.6. The van der Waals surface area contributed by atoms with Gasteiger partial charge in [-0.05, 0) is 40.2 Å². The van der Waals surface area contributed by atoms with Crippen LogP contribution < -0.4 is 10.2 Å². The molecular formula is C23H37FN6O3. The molecule has 0 unspecified atom stereocenters. The first kappa shape index (κ1) is 25.3. The third-order valence-corrected chi connectivity index (χ3v) is 7.29. The van der Waals surface area contributed by atoms with E-state index in [1.165, 1.54) is 0 Å². The van der Waals surface area contributed by atoms with Crippen molar-refractivity contribution in [1.29, 1.82) is 0 Å². The Hall–Kier alpha value is -2.33. The second-order valence-corrected chi connectivity index (χ2v) is 9.54. The number of rotatable bonds is 9. The quantitative estimate of drug-likeness (QED) is 0.328. The van der Waals surface area contributed by atoms with Crippen molar-refractivity contribution >= 4 is 18.1 Å². The van der Waals surface area contributed by atoms with E-state index in [2.05, 4.69) is 41.1 Å². The average molecular weight is 465 g/mol. The Bertz CT molecular complexity index is 835. The van der Waals surface area contributed by atoms with E-state index < -0.39 is 11.7 Å². The lowest BCUT2D eigenvalue weighted by Crippen LogP contribution is -2.56. The number of carbonyl (C=O) groups excluding carboxylic acids is 2. The van der Waals surface area contributed by atoms with Crippen molar-refractivity contribution in [3.8, 4) is 0 Å². The highest BCUT2D eigenvalue weighted by Crippen LogP contribution is 2.31. The third-order valence-electron chi connectivity index (χ3n) is 7.29. The minimum atomic E-state index is -0.563. The summed E-state index contributed by atoms with van der Waals surface area (Å²) < 4.78 is 15.5. The van der Waals surface area contributed by atoms with Crippen molar-refractivity contribution in [3.63, 3.8) is 0 Å². The van der Waals surface area contributed by atoms with Gasteiger partial charge in [0.15, 0.2) is 11.6 Å². The Morgan fingerprint density at radius 1 is 1.27 bits per heavy atom. The Labute approximate surface area is 195 Å². The average Bonchev–Trinajstić information content (AvgIpc) is 3.30. The number of aryl methyl sites for hydroxylation is 1. The van der Waals surface area contributed by atoms with Crippen molar-refractivity contribution in [1.82, 2.24) is 25.2 Å². The van der Waals surface area contributed by atoms with E-state index in [1.807, 2.05) is 4.90 Å². The predicted octanol–water partition coefficient (Wildman–Crippen LogP) is 2.11. The van der Waals surface area contributed by atoms with Gasteiger partial charge in [-0.3, -0.25) is 19.7 Å². The Kier molecular flexibility index (Phi) is 8.58. The lowest BCUT2D eigenvalue weighted by atomic mass is 9.92. The number of aromatic nitrogens is 2. The molecule has 2 fully saturated rings. The number of halogens is 1. The fourth-order valence-electron chi connectivity index (χ4n) is 5.01. The SMILES string of the molecule is Cc1nc(CNC(=O)[C@H](CC2CCCC2)CN(O)C=O)c(F)c(N2CCN(C)[C@H](C)[C@@H]2C)n1. The van der Waals surface area contributed by atoms with Gasteiger partial charge < -0.3 is 10.2 Å². The first-order valence-corrected chi connectivity index (χ1v) is 11.9. The second-order valence-electron chi connectivity index (χ2n) is 9.54. The van der Waals surface area contributed by atoms with Gasteiger partial charge in [0, 0.05) is 25.2 Å². The smallest absolute Gasteiger partial charge is 0.233 e. The molecule has 1 aromatic rings. The van der Waals surface area contributed by atoms with E-state index in [1.54, 1.807) is 6.92 Å². The maximum absolute atomic E-state index is 15.5. The highest BCUT2D eigenvalue weighted by molar-refractivity contribution is 5.79. The molecule has 2 heterocycles. The second kappa shape index (κ2) is 11.2. The van der Waals surface area contributed by atoms with E-state index in [4.69, 9.17) is 0 Å². The first-order chi connectivity index (χ1) is 15.7. The van der Waals surface area contributed by atoms with Crippen molar-refractivity contribution in [2.45, 2.75) is 71.5 Å². The maximum atomic E-state index is 15.5. The lowest BCUT2D eigenvalue weighted by Gasteiger charge is -2.44. The van der Waals surface area contributed by atoms with Crippen molar-refractivity contribution in [3.05, 3.63) is 17.3 Å². The van der Waals surface area contributed by atoms with Gasteiger partial charge in [-0.15, -0.1) is 0 Å². The van der Waals surface area contributed by atoms with Crippen LogP contribution in [0.1, 0.15) is 57.5 Å². The number of anilines is 1. The highest BCUT2D eigenvalue weighted by Gasteiger charge is 2.32. The largest absolute Gasteiger partial charge is 0.350 e. The summed E-state index contributed by atoms with van der Waals surface area (Å²) in [6.45, 7) is 7.18. The molecule has 184 valence electrons. The molecule has 0 spiro atoms. The number of likely N-dealkylation sites (N-methyl/N-ethyl adjacent to an activating group) is 1. The lowest BCUT2D eigenvalue weighted by molar-refractivity contribution is -0.155. The van der Waals surface area contributed by atoms with E-state index in [0.717, 1.165) is 32.2 Å². The highest BCUT2D eigenvalue weighted by atomic mass is 19.1. The molecule has 0 radical (unpaired) electrons. The molecule has 33 heavy (non-hydrogen) atoms. The van der Waals surface area contributed by atoms with Crippen LogP contribution in [0.2, 0.25) is 0 Å². The molecule has 0 bridgehead atoms. The predicted molar refractivity (Wildman–Crippen MR) is 122 cm³/mol. The number of nitrogens with zero attached hydrogens (tertiary/aromatic N) is 5. The molecule has 1 saturated carbocycles. The van der Waals surface area contributed by atoms with Gasteiger partial charge in [0.05, 0.1) is 19.0 Å². The zero-order valence-corrected chi connectivity index (χ0v) is 20.1. The summed E-state index contributed by atoms with van der Waals surface area (Å²) in [7, 11) is 2.06. The first-order valence-electron chi connectivity index (χ1n) is 11.9. The molecule has 2 amide bonds. The maximum Gasteiger partial charge on any atom is 0.233 e. The summed E-state index contributed by atoms with van der Waals surface area (Å²) >= 11 is 0. The molecular weight excluding hydrogens is 427 g/mol. The molecule has 2 aliphatic rings. The van der Waals surface area contributed by atoms with Crippen LogP contribution in [0.5, 0.6) is 0 Å². The minimum absolute atomic E-state index is 0.0738. The van der Waals surface area contributed by atoms with Crippen molar-refractivity contribution < 1.29 is 19.2 Å². The number of carbonyl (C=O) groups is 2. The standard InChI is InChI=1S/C23H37FN6O3/c1-15-16(2)30(10-9-28(15)4)22-21(24)20(26-17(3)27-22)12-25-23(32)19(13-29(33)14-31)11-18-7-5-6-8-18/h14-16,18-19,33H,5-13H2,1-4H3,(H,25,32)/t15-,16+,19-/m1/s1. The molecule has 0 aromatic carbocycles. The van der Waals surface area contributed by atoms with E-state index in [0.29, 0.717) is 36.2 Å². The molecule has 2 N–H and O–H groups in total. The zero-order chi connectivity index (χ0) is 24.1. The van der Waals surface area contributed by atoms with Gasteiger partial charge in [0.2, 0.25) is 12.3 Å². The molecule has 1 aromatic heterocycles. The fourth-order valence-corrected chi connectivity index (χ4v) is 5.01. The van der Waals surface area contributed by atoms with E-state index in [-0.39, 0.29) is 42.6 Å². The van der Waals surface area contributed by atoms with Gasteiger partial charge in [-0.1, -0.05) is 25.7 Å². The molecule has 3 atom stereocenters. The van der Waals surface area contributed by atoms with Crippen LogP contribution in [0.15, 0.2) is 0 Å². The molecule has 3 rings (SSSR count). The van der Waals surface area contributed by atoms with Crippen LogP contribution >= 0.6 is 0 Å². The summed E-state index contributed by atoms with van der Waals surface area (Å²) in [5.41, 5.74) is 0.139. The van der Waals surface area contributed by atoms with Crippen LogP contribution in [0.4, 0.5) is 10.2 Å². The normalized spacial score (nSPS) is 22.9. The Balaban J connectivity index is 1.72. The van der Waals surface area contributed by atoms with Gasteiger partial charge >= 0.3 is 0 Å². The molecule has 10 heteroatoms. The number of hydrogen-bond acceptors (Lipinski definition) is 7. The van der Waals surface area contributed by atoms with Crippen LogP contribution in [0, 0.1) is 24.6 Å². The van der Waals surface area contributed by atoms with Crippen LogP contribution in [-0.4, -0.2) is 76.2 Å². The summed E-state index contributed by atoms with van der Waals surface area (Å²) in [5, 5.41) is 12.9. The molecule has 1 aliphatic heterocycles. The van der Waals surface area contributed by atoms with Crippen LogP contribution in [0.3, 0.4) is 0 Å². The van der Waals surface area contributed by atoms with E-state index in [9.17, 15) is 14.8 Å². The number of amides is 2. The fraction of sp³-hybridized carbons (Fsp3) is 0.739. The monoisotopic (exact) mass is 464 g/mol. The summed E-state index contributed by atoms with van der Waals surface area (Å²) in [5.74, 6) is -0.294. The van der Waals surface area contributed by atoms with Gasteiger partial charge in [0.1, 0.15) is 11.5 Å². The van der Waals surface area contributed by atoms with Crippen molar-refractivity contribution in [2.75, 3.05) is 31.6 Å². The molecule has 1 saturated heterocycles. The molecule has 1 aliphatic carbocycles. The van der Waals surface area contributed by atoms with Gasteiger partial charge in [-0.2, -0.15) is 0 Å². The number of hydroxylamine groups is 2. The summed E-state index contributed by atoms with van der Waals surface area (Å²) in [6.07, 6.45) is 5.24. The topological polar surface area (TPSA) is 102 Å². The summed E-state index contributed by atoms with van der Waals surface area (Å²) in [6, 6.07) is 0.317.